The number of hydrogen-bond acceptors (Lipinski definition) is 4. The van der Waals surface area contributed by atoms with E-state index in [2.05, 4.69) is 31.7 Å². The standard InChI is InChI=1S/C21H17BrClF3N4OS/c1-32-15-5-3-2-4-13(15)28-20(31)18-17(23)19-27-14(11-6-8-12(22)9-7-11)10-16(21(24,25)26)30(19)29-18/h2-9,14,16,27H,10H2,1H3,(H,28,31)/t14-,16-/m0/s1. The lowest BCUT2D eigenvalue weighted by atomic mass is 9.97. The van der Waals surface area contributed by atoms with E-state index in [4.69, 9.17) is 11.6 Å². The summed E-state index contributed by atoms with van der Waals surface area (Å²) in [6, 6.07) is 11.5. The third-order valence-corrected chi connectivity index (χ3v) is 6.82. The van der Waals surface area contributed by atoms with E-state index in [0.717, 1.165) is 14.1 Å². The summed E-state index contributed by atoms with van der Waals surface area (Å²) in [5.41, 5.74) is 0.932. The molecule has 1 amide bonds. The fraction of sp³-hybridized carbons (Fsp3) is 0.238. The highest BCUT2D eigenvalue weighted by atomic mass is 79.9. The number of alkyl halides is 3. The summed E-state index contributed by atoms with van der Waals surface area (Å²) in [6.07, 6.45) is -3.00. The van der Waals surface area contributed by atoms with Crippen LogP contribution in [0, 0.1) is 0 Å². The van der Waals surface area contributed by atoms with Crippen LogP contribution < -0.4 is 10.6 Å². The number of carbonyl (C=O) groups is 1. The quantitative estimate of drug-likeness (QED) is 0.349. The number of amides is 1. The van der Waals surface area contributed by atoms with Crippen molar-refractivity contribution in [2.45, 2.75) is 29.6 Å². The third-order valence-electron chi connectivity index (χ3n) is 5.14. The molecule has 5 nitrogen and oxygen atoms in total. The molecule has 0 saturated heterocycles. The summed E-state index contributed by atoms with van der Waals surface area (Å²) in [6.45, 7) is 0. The summed E-state index contributed by atoms with van der Waals surface area (Å²) in [4.78, 5) is 13.7. The molecular formula is C21H17BrClF3N4OS. The lowest BCUT2D eigenvalue weighted by molar-refractivity contribution is -0.173. The van der Waals surface area contributed by atoms with Gasteiger partial charge in [0.1, 0.15) is 10.8 Å². The average Bonchev–Trinajstić information content (AvgIpc) is 3.10. The predicted molar refractivity (Wildman–Crippen MR) is 124 cm³/mol. The smallest absolute Gasteiger partial charge is 0.362 e. The van der Waals surface area contributed by atoms with Crippen molar-refractivity contribution in [3.05, 3.63) is 69.3 Å². The van der Waals surface area contributed by atoms with E-state index >= 15 is 0 Å². The van der Waals surface area contributed by atoms with Crippen molar-refractivity contribution in [2.24, 2.45) is 0 Å². The van der Waals surface area contributed by atoms with Gasteiger partial charge in [0.15, 0.2) is 11.7 Å². The largest absolute Gasteiger partial charge is 0.410 e. The van der Waals surface area contributed by atoms with E-state index in [1.807, 2.05) is 18.4 Å². The predicted octanol–water partition coefficient (Wildman–Crippen LogP) is 6.93. The number of benzene rings is 2. The van der Waals surface area contributed by atoms with Gasteiger partial charge >= 0.3 is 6.18 Å². The van der Waals surface area contributed by atoms with E-state index < -0.39 is 24.2 Å². The number of nitrogens with zero attached hydrogens (tertiary/aromatic N) is 2. The molecule has 0 saturated carbocycles. The Morgan fingerprint density at radius 3 is 2.59 bits per heavy atom. The van der Waals surface area contributed by atoms with Crippen LogP contribution in [0.4, 0.5) is 24.7 Å². The van der Waals surface area contributed by atoms with Gasteiger partial charge < -0.3 is 10.6 Å². The maximum Gasteiger partial charge on any atom is 0.410 e. The Hall–Kier alpha value is -2.17. The Bertz CT molecular complexity index is 1150. The van der Waals surface area contributed by atoms with Gasteiger partial charge in [0, 0.05) is 15.8 Å². The zero-order valence-corrected chi connectivity index (χ0v) is 19.7. The number of rotatable bonds is 4. The highest BCUT2D eigenvalue weighted by molar-refractivity contribution is 9.10. The Balaban J connectivity index is 1.70. The maximum absolute atomic E-state index is 13.9. The van der Waals surface area contributed by atoms with Gasteiger partial charge in [-0.3, -0.25) is 4.79 Å². The first-order valence-corrected chi connectivity index (χ1v) is 11.9. The van der Waals surface area contributed by atoms with E-state index in [-0.39, 0.29) is 23.0 Å². The van der Waals surface area contributed by atoms with Crippen molar-refractivity contribution < 1.29 is 18.0 Å². The molecular weight excluding hydrogens is 529 g/mol. The summed E-state index contributed by atoms with van der Waals surface area (Å²) in [7, 11) is 0. The normalized spacial score (nSPS) is 18.1. The Kier molecular flexibility index (Phi) is 6.46. The number of anilines is 2. The topological polar surface area (TPSA) is 59.0 Å². The van der Waals surface area contributed by atoms with Crippen LogP contribution in [0.15, 0.2) is 57.9 Å². The molecule has 11 heteroatoms. The number of nitrogens with one attached hydrogen (secondary N) is 2. The van der Waals surface area contributed by atoms with Crippen LogP contribution in [-0.4, -0.2) is 28.1 Å². The fourth-order valence-electron chi connectivity index (χ4n) is 3.58. The molecule has 4 rings (SSSR count). The van der Waals surface area contributed by atoms with E-state index in [1.54, 1.807) is 36.4 Å². The van der Waals surface area contributed by atoms with E-state index in [1.165, 1.54) is 11.8 Å². The van der Waals surface area contributed by atoms with Gasteiger partial charge in [-0.2, -0.15) is 18.3 Å². The molecule has 1 aliphatic heterocycles. The molecule has 0 unspecified atom stereocenters. The monoisotopic (exact) mass is 544 g/mol. The minimum atomic E-state index is -4.57. The van der Waals surface area contributed by atoms with Gasteiger partial charge in [-0.1, -0.05) is 51.8 Å². The van der Waals surface area contributed by atoms with Gasteiger partial charge in [0.2, 0.25) is 0 Å². The zero-order valence-electron chi connectivity index (χ0n) is 16.6. The zero-order chi connectivity index (χ0) is 23.0. The number of para-hydroxylation sites is 1. The molecule has 2 aromatic carbocycles. The molecule has 0 radical (unpaired) electrons. The van der Waals surface area contributed by atoms with Crippen LogP contribution in [0.3, 0.4) is 0 Å². The molecule has 168 valence electrons. The van der Waals surface area contributed by atoms with Crippen molar-refractivity contribution in [3.63, 3.8) is 0 Å². The number of thioether (sulfide) groups is 1. The molecule has 0 fully saturated rings. The first-order valence-electron chi connectivity index (χ1n) is 9.50. The van der Waals surface area contributed by atoms with Crippen LogP contribution in [0.1, 0.15) is 34.6 Å². The van der Waals surface area contributed by atoms with E-state index in [0.29, 0.717) is 11.3 Å². The first kappa shape index (κ1) is 23.0. The highest BCUT2D eigenvalue weighted by Crippen LogP contribution is 2.46. The summed E-state index contributed by atoms with van der Waals surface area (Å²) < 4.78 is 43.3. The number of carbonyl (C=O) groups excluding carboxylic acids is 1. The minimum Gasteiger partial charge on any atom is -0.362 e. The Labute approximate surface area is 199 Å². The first-order chi connectivity index (χ1) is 15.2. The van der Waals surface area contributed by atoms with Crippen molar-refractivity contribution in [2.75, 3.05) is 16.9 Å². The lowest BCUT2D eigenvalue weighted by Gasteiger charge is -2.33. The Morgan fingerprint density at radius 1 is 1.25 bits per heavy atom. The van der Waals surface area contributed by atoms with Crippen LogP contribution in [0.25, 0.3) is 0 Å². The molecule has 0 bridgehead atoms. The molecule has 1 aromatic heterocycles. The molecule has 2 heterocycles. The number of fused-ring (bicyclic) bond motifs is 1. The van der Waals surface area contributed by atoms with Crippen LogP contribution >= 0.6 is 39.3 Å². The molecule has 32 heavy (non-hydrogen) atoms. The number of halogens is 5. The minimum absolute atomic E-state index is 0.0311. The summed E-state index contributed by atoms with van der Waals surface area (Å²) in [5, 5.41) is 9.55. The Morgan fingerprint density at radius 2 is 1.94 bits per heavy atom. The summed E-state index contributed by atoms with van der Waals surface area (Å²) in [5.74, 6) is -0.710. The average molecular weight is 546 g/mol. The van der Waals surface area contributed by atoms with Crippen LogP contribution in [-0.2, 0) is 0 Å². The van der Waals surface area contributed by atoms with Crippen molar-refractivity contribution >= 4 is 56.7 Å². The second-order valence-corrected chi connectivity index (χ2v) is 9.29. The highest BCUT2D eigenvalue weighted by Gasteiger charge is 2.47. The maximum atomic E-state index is 13.9. The second-order valence-electron chi connectivity index (χ2n) is 7.15. The SMILES string of the molecule is CSc1ccccc1NC(=O)c1nn2c(c1Cl)N[C@H](c1ccc(Br)cc1)C[C@H]2C(F)(F)F. The molecule has 2 N–H and O–H groups in total. The second kappa shape index (κ2) is 8.99. The van der Waals surface area contributed by atoms with E-state index in [9.17, 15) is 18.0 Å². The number of aromatic nitrogens is 2. The lowest BCUT2D eigenvalue weighted by Crippen LogP contribution is -2.35. The molecule has 1 aliphatic rings. The van der Waals surface area contributed by atoms with Gasteiger partial charge in [-0.15, -0.1) is 11.8 Å². The van der Waals surface area contributed by atoms with Crippen LogP contribution in [0.5, 0.6) is 0 Å². The van der Waals surface area contributed by atoms with Gasteiger partial charge in [-0.05, 0) is 36.1 Å². The van der Waals surface area contributed by atoms with Crippen molar-refractivity contribution in [1.29, 1.82) is 0 Å². The number of hydrogen-bond donors (Lipinski definition) is 2. The molecule has 0 aliphatic carbocycles. The third kappa shape index (κ3) is 4.49. The van der Waals surface area contributed by atoms with Crippen molar-refractivity contribution in [3.8, 4) is 0 Å². The summed E-state index contributed by atoms with van der Waals surface area (Å²) >= 11 is 11.1. The van der Waals surface area contributed by atoms with Gasteiger partial charge in [0.25, 0.3) is 5.91 Å². The van der Waals surface area contributed by atoms with Gasteiger partial charge in [0.05, 0.1) is 11.7 Å². The van der Waals surface area contributed by atoms with Crippen molar-refractivity contribution in [1.82, 2.24) is 9.78 Å². The van der Waals surface area contributed by atoms with Crippen LogP contribution in [0.2, 0.25) is 5.02 Å². The molecule has 0 spiro atoms. The fourth-order valence-corrected chi connectivity index (χ4v) is 4.66. The molecule has 2 atom stereocenters. The van der Waals surface area contributed by atoms with Gasteiger partial charge in [-0.25, -0.2) is 4.68 Å². The molecule has 3 aromatic rings.